The Morgan fingerprint density at radius 1 is 1.00 bits per heavy atom. The zero-order valence-electron chi connectivity index (χ0n) is 15.2. The van der Waals surface area contributed by atoms with Gasteiger partial charge < -0.3 is 5.73 Å². The highest BCUT2D eigenvalue weighted by atomic mass is 32.2. The molecule has 0 atom stereocenters. The normalized spacial score (nSPS) is 10.9. The Bertz CT molecular complexity index is 1100. The van der Waals surface area contributed by atoms with Crippen molar-refractivity contribution in [3.8, 4) is 22.8 Å². The number of nitrogens with zero attached hydrogens (tertiary/aromatic N) is 5. The van der Waals surface area contributed by atoms with E-state index >= 15 is 0 Å². The second kappa shape index (κ2) is 7.69. The number of Topliss-reactive ketones (excluding diaryl/α,β-unsaturated/α-hetero) is 1. The summed E-state index contributed by atoms with van der Waals surface area (Å²) in [6.07, 6.45) is 1.69. The van der Waals surface area contributed by atoms with Crippen LogP contribution in [-0.4, -0.2) is 36.1 Å². The summed E-state index contributed by atoms with van der Waals surface area (Å²) in [5.41, 5.74) is 8.83. The van der Waals surface area contributed by atoms with Gasteiger partial charge in [0.2, 0.25) is 0 Å². The molecule has 8 heteroatoms. The van der Waals surface area contributed by atoms with Crippen molar-refractivity contribution in [1.29, 1.82) is 0 Å². The molecule has 0 spiro atoms. The smallest absolute Gasteiger partial charge is 0.196 e. The van der Waals surface area contributed by atoms with Gasteiger partial charge in [-0.2, -0.15) is 5.10 Å². The van der Waals surface area contributed by atoms with Gasteiger partial charge in [-0.3, -0.25) is 9.36 Å². The molecular weight excluding hydrogens is 372 g/mol. The minimum atomic E-state index is 0.0746. The lowest BCUT2D eigenvalue weighted by atomic mass is 10.2. The van der Waals surface area contributed by atoms with Crippen molar-refractivity contribution in [2.45, 2.75) is 12.1 Å². The van der Waals surface area contributed by atoms with Crippen molar-refractivity contribution in [3.05, 3.63) is 66.9 Å². The van der Waals surface area contributed by atoms with E-state index in [0.29, 0.717) is 28.1 Å². The minimum absolute atomic E-state index is 0.0746. The van der Waals surface area contributed by atoms with Gasteiger partial charge in [-0.05, 0) is 31.2 Å². The first-order chi connectivity index (χ1) is 13.6. The van der Waals surface area contributed by atoms with Gasteiger partial charge in [0.25, 0.3) is 0 Å². The van der Waals surface area contributed by atoms with Crippen molar-refractivity contribution in [2.75, 3.05) is 11.5 Å². The summed E-state index contributed by atoms with van der Waals surface area (Å²) in [4.78, 5) is 11.4. The Hall–Kier alpha value is -3.39. The first-order valence-corrected chi connectivity index (χ1v) is 9.66. The molecule has 0 aliphatic heterocycles. The number of carbonyl (C=O) groups excluding carboxylic acids is 1. The number of ketones is 1. The van der Waals surface area contributed by atoms with Crippen LogP contribution in [0.1, 0.15) is 6.92 Å². The summed E-state index contributed by atoms with van der Waals surface area (Å²) in [5.74, 6) is 1.45. The van der Waals surface area contributed by atoms with E-state index in [1.165, 1.54) is 11.8 Å². The summed E-state index contributed by atoms with van der Waals surface area (Å²) < 4.78 is 3.57. The average Bonchev–Trinajstić information content (AvgIpc) is 3.31. The molecule has 4 aromatic rings. The number of nitrogens with two attached hydrogens (primary N) is 1. The van der Waals surface area contributed by atoms with E-state index in [2.05, 4.69) is 15.3 Å². The second-order valence-electron chi connectivity index (χ2n) is 6.16. The SMILES string of the molecule is CC(=O)CSc1nnc(-c2cnn(-c3ccccc3)c2N)n1-c1ccccc1. The number of carbonyl (C=O) groups is 1. The molecule has 0 bridgehead atoms. The maximum atomic E-state index is 11.4. The van der Waals surface area contributed by atoms with E-state index < -0.39 is 0 Å². The largest absolute Gasteiger partial charge is 0.383 e. The molecule has 2 aromatic carbocycles. The van der Waals surface area contributed by atoms with Crippen LogP contribution in [0.3, 0.4) is 0 Å². The summed E-state index contributed by atoms with van der Waals surface area (Å²) in [6.45, 7) is 1.55. The Labute approximate surface area is 166 Å². The molecule has 28 heavy (non-hydrogen) atoms. The van der Waals surface area contributed by atoms with Gasteiger partial charge in [0, 0.05) is 5.69 Å². The van der Waals surface area contributed by atoms with Gasteiger partial charge in [-0.25, -0.2) is 4.68 Å². The molecule has 4 rings (SSSR count). The lowest BCUT2D eigenvalue weighted by molar-refractivity contribution is -0.114. The van der Waals surface area contributed by atoms with Crippen molar-refractivity contribution in [3.63, 3.8) is 0 Å². The number of benzene rings is 2. The Morgan fingerprint density at radius 2 is 1.64 bits per heavy atom. The van der Waals surface area contributed by atoms with E-state index in [9.17, 15) is 4.79 Å². The molecule has 0 aliphatic rings. The third-order valence-electron chi connectivity index (χ3n) is 4.10. The predicted octanol–water partition coefficient (Wildman–Crippen LogP) is 3.38. The van der Waals surface area contributed by atoms with Crippen LogP contribution < -0.4 is 5.73 Å². The Morgan fingerprint density at radius 3 is 2.29 bits per heavy atom. The molecule has 140 valence electrons. The lowest BCUT2D eigenvalue weighted by Gasteiger charge is -2.10. The highest BCUT2D eigenvalue weighted by molar-refractivity contribution is 7.99. The summed E-state index contributed by atoms with van der Waals surface area (Å²) in [5, 5.41) is 13.7. The number of hydrogen-bond donors (Lipinski definition) is 1. The van der Waals surface area contributed by atoms with Crippen molar-refractivity contribution in [1.82, 2.24) is 24.5 Å². The molecule has 0 saturated carbocycles. The van der Waals surface area contributed by atoms with Crippen LogP contribution in [0.15, 0.2) is 72.0 Å². The fourth-order valence-corrected chi connectivity index (χ4v) is 3.57. The van der Waals surface area contributed by atoms with Gasteiger partial charge in [0.05, 0.1) is 23.2 Å². The molecule has 0 aliphatic carbocycles. The molecule has 0 unspecified atom stereocenters. The van der Waals surface area contributed by atoms with Crippen LogP contribution in [0.4, 0.5) is 5.82 Å². The fraction of sp³-hybridized carbons (Fsp3) is 0.100. The van der Waals surface area contributed by atoms with E-state index in [1.54, 1.807) is 17.8 Å². The molecule has 2 N–H and O–H groups in total. The van der Waals surface area contributed by atoms with Crippen molar-refractivity contribution < 1.29 is 4.79 Å². The number of nitrogen functional groups attached to an aromatic ring is 1. The van der Waals surface area contributed by atoms with Gasteiger partial charge >= 0.3 is 0 Å². The van der Waals surface area contributed by atoms with Crippen LogP contribution in [-0.2, 0) is 4.79 Å². The standard InChI is InChI=1S/C20H18N6OS/c1-14(27)13-28-20-24-23-19(25(20)15-8-4-2-5-9-15)17-12-22-26(18(17)21)16-10-6-3-7-11-16/h2-12H,13,21H2,1H3. The van der Waals surface area contributed by atoms with Crippen LogP contribution in [0.25, 0.3) is 22.8 Å². The van der Waals surface area contributed by atoms with Gasteiger partial charge in [-0.15, -0.1) is 10.2 Å². The number of hydrogen-bond acceptors (Lipinski definition) is 6. The molecule has 0 fully saturated rings. The van der Waals surface area contributed by atoms with E-state index in [4.69, 9.17) is 5.73 Å². The minimum Gasteiger partial charge on any atom is -0.383 e. The van der Waals surface area contributed by atoms with Crippen LogP contribution in [0.5, 0.6) is 0 Å². The van der Waals surface area contributed by atoms with Crippen LogP contribution >= 0.6 is 11.8 Å². The number of anilines is 1. The van der Waals surface area contributed by atoms with E-state index in [-0.39, 0.29) is 5.78 Å². The first-order valence-electron chi connectivity index (χ1n) is 8.67. The molecular formula is C20H18N6OS. The number of para-hydroxylation sites is 2. The zero-order valence-corrected chi connectivity index (χ0v) is 16.0. The van der Waals surface area contributed by atoms with E-state index in [1.807, 2.05) is 65.2 Å². The van der Waals surface area contributed by atoms with Crippen molar-refractivity contribution >= 4 is 23.4 Å². The maximum absolute atomic E-state index is 11.4. The third kappa shape index (κ3) is 3.41. The molecule has 0 saturated heterocycles. The second-order valence-corrected chi connectivity index (χ2v) is 7.10. The Balaban J connectivity index is 1.83. The highest BCUT2D eigenvalue weighted by Gasteiger charge is 2.21. The number of aromatic nitrogens is 5. The van der Waals surface area contributed by atoms with Gasteiger partial charge in [0.1, 0.15) is 11.6 Å². The highest BCUT2D eigenvalue weighted by Crippen LogP contribution is 2.31. The molecule has 2 heterocycles. The molecule has 2 aromatic heterocycles. The fourth-order valence-electron chi connectivity index (χ4n) is 2.82. The first kappa shape index (κ1) is 18.0. The summed E-state index contributed by atoms with van der Waals surface area (Å²) >= 11 is 1.35. The lowest BCUT2D eigenvalue weighted by Crippen LogP contribution is -2.04. The third-order valence-corrected chi connectivity index (χ3v) is 5.17. The van der Waals surface area contributed by atoms with E-state index in [0.717, 1.165) is 11.4 Å². The van der Waals surface area contributed by atoms with Crippen LogP contribution in [0.2, 0.25) is 0 Å². The quantitative estimate of drug-likeness (QED) is 0.508. The Kier molecular flexibility index (Phi) is 4.94. The van der Waals surface area contributed by atoms with Crippen molar-refractivity contribution in [2.24, 2.45) is 0 Å². The maximum Gasteiger partial charge on any atom is 0.196 e. The van der Waals surface area contributed by atoms with Gasteiger partial charge in [0.15, 0.2) is 11.0 Å². The summed E-state index contributed by atoms with van der Waals surface area (Å²) in [7, 11) is 0. The monoisotopic (exact) mass is 390 g/mol. The topological polar surface area (TPSA) is 91.6 Å². The number of thioether (sulfide) groups is 1. The predicted molar refractivity (Wildman–Crippen MR) is 110 cm³/mol. The average molecular weight is 390 g/mol. The zero-order chi connectivity index (χ0) is 19.5. The van der Waals surface area contributed by atoms with Crippen LogP contribution in [0, 0.1) is 0 Å². The summed E-state index contributed by atoms with van der Waals surface area (Å²) in [6, 6.07) is 19.4. The number of rotatable bonds is 6. The molecule has 0 radical (unpaired) electrons. The molecule has 7 nitrogen and oxygen atoms in total. The molecule has 0 amide bonds. The van der Waals surface area contributed by atoms with Gasteiger partial charge in [-0.1, -0.05) is 48.2 Å².